The highest BCUT2D eigenvalue weighted by molar-refractivity contribution is 8.04. The van der Waals surface area contributed by atoms with E-state index in [1.807, 2.05) is 0 Å². The van der Waals surface area contributed by atoms with Crippen LogP contribution in [0.25, 0.3) is 0 Å². The van der Waals surface area contributed by atoms with Gasteiger partial charge in [-0.2, -0.15) is 16.8 Å². The Morgan fingerprint density at radius 1 is 1.23 bits per heavy atom. The molecule has 0 amide bonds. The smallest absolute Gasteiger partial charge is 0.231 e. The van der Waals surface area contributed by atoms with E-state index in [1.165, 1.54) is 0 Å². The van der Waals surface area contributed by atoms with Crippen LogP contribution in [0.2, 0.25) is 0 Å². The summed E-state index contributed by atoms with van der Waals surface area (Å²) in [5, 5.41) is -1.17. The van der Waals surface area contributed by atoms with Crippen LogP contribution in [0.15, 0.2) is 18.4 Å². The molecule has 74 valence electrons. The molecule has 1 heterocycles. The Hall–Kier alpha value is -0.660. The van der Waals surface area contributed by atoms with E-state index in [1.54, 1.807) is 0 Å². The summed E-state index contributed by atoms with van der Waals surface area (Å²) in [6, 6.07) is 0. The van der Waals surface area contributed by atoms with Gasteiger partial charge in [0.05, 0.1) is 0 Å². The van der Waals surface area contributed by atoms with Crippen LogP contribution in [0.5, 0.6) is 0 Å². The minimum atomic E-state index is -4.07. The van der Waals surface area contributed by atoms with Gasteiger partial charge in [-0.05, 0) is 0 Å². The van der Waals surface area contributed by atoms with E-state index in [0.29, 0.717) is 0 Å². The number of hydrogen-bond donors (Lipinski definition) is 0. The average molecular weight is 226 g/mol. The first kappa shape index (κ1) is 10.4. The summed E-state index contributed by atoms with van der Waals surface area (Å²) >= 11 is 0. The largest absolute Gasteiger partial charge is 0.287 e. The minimum absolute atomic E-state index is 0.953. The van der Waals surface area contributed by atoms with Gasteiger partial charge in [-0.25, -0.2) is 8.37 Å². The Morgan fingerprint density at radius 2 is 1.69 bits per heavy atom. The highest BCUT2D eigenvalue weighted by Gasteiger charge is 2.35. The molecule has 0 spiro atoms. The van der Waals surface area contributed by atoms with E-state index in [-0.39, 0.29) is 0 Å². The maximum absolute atomic E-state index is 10.8. The fourth-order valence-corrected chi connectivity index (χ4v) is 3.37. The summed E-state index contributed by atoms with van der Waals surface area (Å²) < 4.78 is 51.7. The van der Waals surface area contributed by atoms with Gasteiger partial charge in [0, 0.05) is 6.08 Å². The van der Waals surface area contributed by atoms with E-state index in [2.05, 4.69) is 20.7 Å². The molecule has 1 saturated heterocycles. The van der Waals surface area contributed by atoms with Crippen molar-refractivity contribution in [3.8, 4) is 0 Å². The van der Waals surface area contributed by atoms with Gasteiger partial charge in [-0.3, -0.25) is 0 Å². The second-order valence-corrected chi connectivity index (χ2v) is 5.72. The predicted molar refractivity (Wildman–Crippen MR) is 42.4 cm³/mol. The number of rotatable bonds is 1. The van der Waals surface area contributed by atoms with Crippen LogP contribution >= 0.6 is 0 Å². The van der Waals surface area contributed by atoms with E-state index in [0.717, 1.165) is 6.08 Å². The molecule has 8 heteroatoms. The van der Waals surface area contributed by atoms with E-state index < -0.39 is 31.6 Å². The van der Waals surface area contributed by atoms with Crippen LogP contribution in [0, 0.1) is 0 Å². The van der Waals surface area contributed by atoms with Gasteiger partial charge < -0.3 is 0 Å². The second-order valence-electron chi connectivity index (χ2n) is 2.16. The normalized spacial score (nSPS) is 26.2. The lowest BCUT2D eigenvalue weighted by Crippen LogP contribution is -2.34. The molecule has 1 aliphatic rings. The fraction of sp³-hybridized carbons (Fsp3) is 0.400. The molecule has 0 radical (unpaired) electrons. The molecule has 0 bridgehead atoms. The van der Waals surface area contributed by atoms with E-state index >= 15 is 0 Å². The molecule has 0 aromatic carbocycles. The van der Waals surface area contributed by atoms with Crippen molar-refractivity contribution in [3.63, 3.8) is 0 Å². The second kappa shape index (κ2) is 3.24. The summed E-state index contributed by atoms with van der Waals surface area (Å²) in [5.41, 5.74) is 2.16. The highest BCUT2D eigenvalue weighted by atomic mass is 32.3. The molecule has 0 aliphatic carbocycles. The Labute approximate surface area is 75.7 Å². The SMILES string of the molecule is C=C=CC1OS(=O)(=O)CS(=O)(=O)O1. The third-order valence-electron chi connectivity index (χ3n) is 1.03. The Morgan fingerprint density at radius 3 is 2.08 bits per heavy atom. The Kier molecular flexibility index (Phi) is 2.60. The maximum atomic E-state index is 10.8. The van der Waals surface area contributed by atoms with Crippen molar-refractivity contribution in [2.75, 3.05) is 5.08 Å². The van der Waals surface area contributed by atoms with Gasteiger partial charge in [-0.1, -0.05) is 6.58 Å². The first-order valence-electron chi connectivity index (χ1n) is 3.02. The molecular weight excluding hydrogens is 220 g/mol. The van der Waals surface area contributed by atoms with Crippen LogP contribution in [0.4, 0.5) is 0 Å². The summed E-state index contributed by atoms with van der Waals surface area (Å²) in [4.78, 5) is 0. The van der Waals surface area contributed by atoms with Crippen molar-refractivity contribution >= 4 is 20.2 Å². The van der Waals surface area contributed by atoms with Gasteiger partial charge in [0.2, 0.25) is 11.4 Å². The molecule has 0 N–H and O–H groups in total. The molecule has 0 atom stereocenters. The van der Waals surface area contributed by atoms with Crippen LogP contribution in [-0.4, -0.2) is 28.2 Å². The fourth-order valence-electron chi connectivity index (χ4n) is 0.689. The maximum Gasteiger partial charge on any atom is 0.287 e. The predicted octanol–water partition coefficient (Wildman–Crippen LogP) is -0.683. The van der Waals surface area contributed by atoms with Crippen molar-refractivity contribution in [2.45, 2.75) is 6.29 Å². The van der Waals surface area contributed by atoms with Crippen molar-refractivity contribution in [3.05, 3.63) is 18.4 Å². The average Bonchev–Trinajstić information content (AvgIpc) is 1.78. The summed E-state index contributed by atoms with van der Waals surface area (Å²) in [7, 11) is -8.15. The lowest BCUT2D eigenvalue weighted by molar-refractivity contribution is 0.0532. The molecule has 1 aliphatic heterocycles. The van der Waals surface area contributed by atoms with Crippen LogP contribution in [-0.2, 0) is 28.6 Å². The summed E-state index contributed by atoms with van der Waals surface area (Å²) in [6.07, 6.45) is -0.532. The lowest BCUT2D eigenvalue weighted by atomic mass is 10.6. The van der Waals surface area contributed by atoms with E-state index in [4.69, 9.17) is 0 Å². The molecule has 6 nitrogen and oxygen atoms in total. The molecule has 1 rings (SSSR count). The van der Waals surface area contributed by atoms with Crippen molar-refractivity contribution in [1.29, 1.82) is 0 Å². The topological polar surface area (TPSA) is 86.7 Å². The third-order valence-corrected chi connectivity index (χ3v) is 4.30. The summed E-state index contributed by atoms with van der Waals surface area (Å²) in [6.45, 7) is 3.12. The zero-order valence-electron chi connectivity index (χ0n) is 6.33. The van der Waals surface area contributed by atoms with Crippen molar-refractivity contribution in [1.82, 2.24) is 0 Å². The molecule has 0 aromatic heterocycles. The van der Waals surface area contributed by atoms with Crippen LogP contribution < -0.4 is 0 Å². The monoisotopic (exact) mass is 226 g/mol. The van der Waals surface area contributed by atoms with E-state index in [9.17, 15) is 16.8 Å². The van der Waals surface area contributed by atoms with Gasteiger partial charge in [0.1, 0.15) is 0 Å². The standard InChI is InChI=1S/C5H6O6S2/c1-2-3-5-10-12(6,7)4-13(8,9)11-5/h3,5H,1,4H2. The minimum Gasteiger partial charge on any atom is -0.231 e. The quantitative estimate of drug-likeness (QED) is 0.435. The molecule has 0 saturated carbocycles. The molecule has 0 aromatic rings. The zero-order valence-corrected chi connectivity index (χ0v) is 7.97. The highest BCUT2D eigenvalue weighted by Crippen LogP contribution is 2.16. The van der Waals surface area contributed by atoms with Gasteiger partial charge in [0.25, 0.3) is 20.2 Å². The Bertz CT molecular complexity index is 403. The van der Waals surface area contributed by atoms with Gasteiger partial charge in [0.15, 0.2) is 0 Å². The molecule has 13 heavy (non-hydrogen) atoms. The Balaban J connectivity index is 3.04. The molecule has 1 fully saturated rings. The molecule has 0 unspecified atom stereocenters. The molecular formula is C5H6O6S2. The first-order valence-corrected chi connectivity index (χ1v) is 6.18. The zero-order chi connectivity index (χ0) is 10.1. The van der Waals surface area contributed by atoms with Gasteiger partial charge in [-0.15, -0.1) is 5.73 Å². The van der Waals surface area contributed by atoms with Crippen LogP contribution in [0.1, 0.15) is 0 Å². The van der Waals surface area contributed by atoms with Crippen molar-refractivity contribution < 1.29 is 25.2 Å². The third kappa shape index (κ3) is 2.94. The lowest BCUT2D eigenvalue weighted by Gasteiger charge is -2.18. The van der Waals surface area contributed by atoms with Crippen LogP contribution in [0.3, 0.4) is 0 Å². The number of hydrogen-bond acceptors (Lipinski definition) is 6. The summed E-state index contributed by atoms with van der Waals surface area (Å²) in [5.74, 6) is 0. The van der Waals surface area contributed by atoms with Crippen molar-refractivity contribution in [2.24, 2.45) is 0 Å². The van der Waals surface area contributed by atoms with Gasteiger partial charge >= 0.3 is 0 Å². The first-order chi connectivity index (χ1) is 5.85.